The number of hydrogen-bond acceptors (Lipinski definition) is 2. The highest BCUT2D eigenvalue weighted by atomic mass is 19.1. The predicted molar refractivity (Wildman–Crippen MR) is 89.2 cm³/mol. The van der Waals surface area contributed by atoms with E-state index in [4.69, 9.17) is 4.74 Å². The van der Waals surface area contributed by atoms with Crippen LogP contribution in [0.1, 0.15) is 22.3 Å². The molecule has 25 heavy (non-hydrogen) atoms. The molecule has 2 saturated heterocycles. The van der Waals surface area contributed by atoms with Gasteiger partial charge >= 0.3 is 0 Å². The van der Waals surface area contributed by atoms with Gasteiger partial charge in [0.1, 0.15) is 11.6 Å². The number of likely N-dealkylation sites (tertiary alicyclic amines) is 1. The molecule has 1 spiro atoms. The van der Waals surface area contributed by atoms with Gasteiger partial charge in [0.2, 0.25) is 0 Å². The standard InChI is InChI=1S/C20H19F2NO2/c21-16-6-4-15(5-7-16)19(24)23-11-20(12-23)10-18(25-13-20)9-14-2-1-3-17(22)8-14/h1-8,18H,9-13H2/t18-/m0/s1. The quantitative estimate of drug-likeness (QED) is 0.854. The van der Waals surface area contributed by atoms with E-state index in [-0.39, 0.29) is 29.1 Å². The summed E-state index contributed by atoms with van der Waals surface area (Å²) in [5.74, 6) is -0.648. The number of carbonyl (C=O) groups is 1. The molecule has 1 atom stereocenters. The fourth-order valence-corrected chi connectivity index (χ4v) is 3.86. The van der Waals surface area contributed by atoms with Crippen LogP contribution in [0.25, 0.3) is 0 Å². The van der Waals surface area contributed by atoms with E-state index in [0.29, 0.717) is 31.7 Å². The van der Waals surface area contributed by atoms with E-state index in [1.165, 1.54) is 30.3 Å². The van der Waals surface area contributed by atoms with Crippen LogP contribution in [0.3, 0.4) is 0 Å². The predicted octanol–water partition coefficient (Wildman–Crippen LogP) is 3.44. The first-order valence-corrected chi connectivity index (χ1v) is 8.44. The molecule has 2 aliphatic heterocycles. The topological polar surface area (TPSA) is 29.5 Å². The number of nitrogens with zero attached hydrogens (tertiary/aromatic N) is 1. The summed E-state index contributed by atoms with van der Waals surface area (Å²) in [5.41, 5.74) is 1.44. The number of ether oxygens (including phenoxy) is 1. The van der Waals surface area contributed by atoms with E-state index >= 15 is 0 Å². The largest absolute Gasteiger partial charge is 0.377 e. The Kier molecular flexibility index (Phi) is 4.04. The third-order valence-electron chi connectivity index (χ3n) is 5.07. The molecule has 0 N–H and O–H groups in total. The molecule has 0 bridgehead atoms. The lowest BCUT2D eigenvalue weighted by atomic mass is 9.77. The lowest BCUT2D eigenvalue weighted by Crippen LogP contribution is -2.59. The lowest BCUT2D eigenvalue weighted by Gasteiger charge is -2.47. The lowest BCUT2D eigenvalue weighted by molar-refractivity contribution is -0.00134. The van der Waals surface area contributed by atoms with E-state index in [1.54, 1.807) is 17.0 Å². The number of hydrogen-bond donors (Lipinski definition) is 0. The van der Waals surface area contributed by atoms with Crippen molar-refractivity contribution in [2.75, 3.05) is 19.7 Å². The Balaban J connectivity index is 1.34. The van der Waals surface area contributed by atoms with Gasteiger partial charge in [-0.2, -0.15) is 0 Å². The minimum Gasteiger partial charge on any atom is -0.377 e. The van der Waals surface area contributed by atoms with Crippen LogP contribution in [0.4, 0.5) is 8.78 Å². The summed E-state index contributed by atoms with van der Waals surface area (Å²) in [7, 11) is 0. The molecule has 0 radical (unpaired) electrons. The monoisotopic (exact) mass is 343 g/mol. The average molecular weight is 343 g/mol. The zero-order valence-corrected chi connectivity index (χ0v) is 13.8. The average Bonchev–Trinajstić information content (AvgIpc) is 2.98. The van der Waals surface area contributed by atoms with Gasteiger partial charge in [0.25, 0.3) is 5.91 Å². The highest BCUT2D eigenvalue weighted by molar-refractivity contribution is 5.94. The summed E-state index contributed by atoms with van der Waals surface area (Å²) >= 11 is 0. The second-order valence-electron chi connectivity index (χ2n) is 7.14. The van der Waals surface area contributed by atoms with Crippen molar-refractivity contribution in [2.24, 2.45) is 5.41 Å². The van der Waals surface area contributed by atoms with Crippen LogP contribution in [0.2, 0.25) is 0 Å². The molecule has 0 saturated carbocycles. The second-order valence-corrected chi connectivity index (χ2v) is 7.14. The third-order valence-corrected chi connectivity index (χ3v) is 5.07. The Bertz CT molecular complexity index is 785. The van der Waals surface area contributed by atoms with Crippen molar-refractivity contribution in [3.63, 3.8) is 0 Å². The van der Waals surface area contributed by atoms with Gasteiger partial charge in [0.05, 0.1) is 12.7 Å². The maximum Gasteiger partial charge on any atom is 0.253 e. The summed E-state index contributed by atoms with van der Waals surface area (Å²) in [5, 5.41) is 0. The SMILES string of the molecule is O=C(c1ccc(F)cc1)N1CC2(CO[C@@H](Cc3cccc(F)c3)C2)C1. The molecular weight excluding hydrogens is 324 g/mol. The Morgan fingerprint density at radius 3 is 2.60 bits per heavy atom. The van der Waals surface area contributed by atoms with Crippen LogP contribution >= 0.6 is 0 Å². The molecule has 2 heterocycles. The Hall–Kier alpha value is -2.27. The Labute approximate surface area is 145 Å². The summed E-state index contributed by atoms with van der Waals surface area (Å²) in [6.45, 7) is 1.94. The smallest absolute Gasteiger partial charge is 0.253 e. The van der Waals surface area contributed by atoms with Crippen molar-refractivity contribution in [1.82, 2.24) is 4.90 Å². The van der Waals surface area contributed by atoms with Gasteiger partial charge in [0.15, 0.2) is 0 Å². The van der Waals surface area contributed by atoms with Gasteiger partial charge in [-0.1, -0.05) is 12.1 Å². The van der Waals surface area contributed by atoms with E-state index < -0.39 is 0 Å². The van der Waals surface area contributed by atoms with Crippen molar-refractivity contribution >= 4 is 5.91 Å². The van der Waals surface area contributed by atoms with Crippen LogP contribution in [0, 0.1) is 17.0 Å². The van der Waals surface area contributed by atoms with Gasteiger partial charge in [-0.15, -0.1) is 0 Å². The second kappa shape index (κ2) is 6.23. The van der Waals surface area contributed by atoms with E-state index in [0.717, 1.165) is 12.0 Å². The zero-order chi connectivity index (χ0) is 17.4. The van der Waals surface area contributed by atoms with Crippen LogP contribution < -0.4 is 0 Å². The van der Waals surface area contributed by atoms with Gasteiger partial charge < -0.3 is 9.64 Å². The molecule has 2 aliphatic rings. The van der Waals surface area contributed by atoms with Gasteiger partial charge in [-0.05, 0) is 54.8 Å². The van der Waals surface area contributed by atoms with Crippen LogP contribution in [0.5, 0.6) is 0 Å². The third kappa shape index (κ3) is 3.29. The molecule has 3 nitrogen and oxygen atoms in total. The van der Waals surface area contributed by atoms with E-state index in [2.05, 4.69) is 0 Å². The first-order valence-electron chi connectivity index (χ1n) is 8.44. The molecular formula is C20H19F2NO2. The minimum atomic E-state index is -0.346. The highest BCUT2D eigenvalue weighted by Crippen LogP contribution is 2.42. The maximum absolute atomic E-state index is 13.3. The molecule has 0 unspecified atom stereocenters. The summed E-state index contributed by atoms with van der Waals surface area (Å²) in [6, 6.07) is 12.2. The molecule has 2 fully saturated rings. The molecule has 0 aliphatic carbocycles. The number of rotatable bonds is 3. The van der Waals surface area contributed by atoms with Crippen molar-refractivity contribution in [2.45, 2.75) is 18.9 Å². The highest BCUT2D eigenvalue weighted by Gasteiger charge is 2.50. The van der Waals surface area contributed by atoms with Crippen molar-refractivity contribution in [3.05, 3.63) is 71.3 Å². The maximum atomic E-state index is 13.3. The van der Waals surface area contributed by atoms with Gasteiger partial charge in [-0.25, -0.2) is 8.78 Å². The number of amides is 1. The fraction of sp³-hybridized carbons (Fsp3) is 0.350. The minimum absolute atomic E-state index is 0.00762. The zero-order valence-electron chi connectivity index (χ0n) is 13.8. The van der Waals surface area contributed by atoms with Crippen LogP contribution in [0.15, 0.2) is 48.5 Å². The first-order chi connectivity index (χ1) is 12.0. The van der Waals surface area contributed by atoms with E-state index in [9.17, 15) is 13.6 Å². The van der Waals surface area contributed by atoms with Gasteiger partial charge in [0, 0.05) is 24.1 Å². The Morgan fingerprint density at radius 2 is 1.88 bits per heavy atom. The Morgan fingerprint density at radius 1 is 1.12 bits per heavy atom. The molecule has 130 valence electrons. The van der Waals surface area contributed by atoms with E-state index in [1.807, 2.05) is 6.07 Å². The molecule has 2 aromatic rings. The molecule has 5 heteroatoms. The fourth-order valence-electron chi connectivity index (χ4n) is 3.86. The summed E-state index contributed by atoms with van der Waals surface area (Å²) in [6.07, 6.45) is 1.62. The molecule has 1 amide bonds. The number of benzene rings is 2. The number of halogens is 2. The molecule has 0 aromatic heterocycles. The summed E-state index contributed by atoms with van der Waals surface area (Å²) in [4.78, 5) is 14.2. The van der Waals surface area contributed by atoms with Crippen molar-refractivity contribution in [1.29, 1.82) is 0 Å². The summed E-state index contributed by atoms with van der Waals surface area (Å²) < 4.78 is 32.2. The van der Waals surface area contributed by atoms with Crippen molar-refractivity contribution in [3.8, 4) is 0 Å². The van der Waals surface area contributed by atoms with Crippen LogP contribution in [-0.4, -0.2) is 36.6 Å². The normalized spacial score (nSPS) is 21.4. The van der Waals surface area contributed by atoms with Crippen molar-refractivity contribution < 1.29 is 18.3 Å². The molecule has 2 aromatic carbocycles. The number of carbonyl (C=O) groups excluding carboxylic acids is 1. The van der Waals surface area contributed by atoms with Crippen LogP contribution in [-0.2, 0) is 11.2 Å². The first kappa shape index (κ1) is 16.2. The molecule has 4 rings (SSSR count). The van der Waals surface area contributed by atoms with Gasteiger partial charge in [-0.3, -0.25) is 4.79 Å².